The molecule has 1 amide bonds. The number of hydrogen-bond acceptors (Lipinski definition) is 3. The fourth-order valence-corrected chi connectivity index (χ4v) is 3.00. The van der Waals surface area contributed by atoms with Crippen molar-refractivity contribution < 1.29 is 14.7 Å². The van der Waals surface area contributed by atoms with E-state index in [9.17, 15) is 9.59 Å². The third kappa shape index (κ3) is 4.76. The van der Waals surface area contributed by atoms with Gasteiger partial charge in [0.05, 0.1) is 6.54 Å². The predicted octanol–water partition coefficient (Wildman–Crippen LogP) is 2.27. The average molecular weight is 304 g/mol. The zero-order chi connectivity index (χ0) is 15.9. The lowest BCUT2D eigenvalue weighted by atomic mass is 9.86. The van der Waals surface area contributed by atoms with Gasteiger partial charge in [-0.3, -0.25) is 9.59 Å². The lowest BCUT2D eigenvalue weighted by molar-refractivity contribution is -0.135. The van der Waals surface area contributed by atoms with Crippen molar-refractivity contribution >= 4 is 17.6 Å². The van der Waals surface area contributed by atoms with Gasteiger partial charge in [0.25, 0.3) is 0 Å². The second-order valence-electron chi connectivity index (χ2n) is 6.02. The van der Waals surface area contributed by atoms with E-state index < -0.39 is 5.97 Å². The van der Waals surface area contributed by atoms with E-state index in [1.807, 2.05) is 30.3 Å². The standard InChI is InChI=1S/C17H24N2O3/c1-13-7-5-6-10-15(13)18-16(20)11-19(12-17(21)22)14-8-3-2-4-9-14/h2-4,8-9,13,15H,5-7,10-12H2,1H3,(H,18,20)(H,21,22). The smallest absolute Gasteiger partial charge is 0.323 e. The molecule has 5 nitrogen and oxygen atoms in total. The minimum atomic E-state index is -0.942. The molecule has 0 aromatic heterocycles. The van der Waals surface area contributed by atoms with Gasteiger partial charge in [-0.2, -0.15) is 0 Å². The fourth-order valence-electron chi connectivity index (χ4n) is 3.00. The van der Waals surface area contributed by atoms with Crippen molar-refractivity contribution in [3.05, 3.63) is 30.3 Å². The van der Waals surface area contributed by atoms with Crippen LogP contribution >= 0.6 is 0 Å². The van der Waals surface area contributed by atoms with Crippen LogP contribution < -0.4 is 10.2 Å². The molecule has 0 radical (unpaired) electrons. The highest BCUT2D eigenvalue weighted by Gasteiger charge is 2.24. The topological polar surface area (TPSA) is 69.6 Å². The molecular weight excluding hydrogens is 280 g/mol. The van der Waals surface area contributed by atoms with Gasteiger partial charge in [-0.1, -0.05) is 38.0 Å². The van der Waals surface area contributed by atoms with Crippen molar-refractivity contribution in [1.29, 1.82) is 0 Å². The summed E-state index contributed by atoms with van der Waals surface area (Å²) in [5.74, 6) is -0.561. The molecule has 0 spiro atoms. The summed E-state index contributed by atoms with van der Waals surface area (Å²) in [6.45, 7) is 2.05. The number of nitrogens with one attached hydrogen (secondary N) is 1. The Kier molecular flexibility index (Phi) is 5.81. The van der Waals surface area contributed by atoms with Gasteiger partial charge in [-0.15, -0.1) is 0 Å². The van der Waals surface area contributed by atoms with E-state index in [1.165, 1.54) is 6.42 Å². The average Bonchev–Trinajstić information content (AvgIpc) is 2.49. The number of carboxylic acids is 1. The zero-order valence-electron chi connectivity index (χ0n) is 13.0. The van der Waals surface area contributed by atoms with Gasteiger partial charge in [0.2, 0.25) is 5.91 Å². The molecule has 0 aliphatic heterocycles. The monoisotopic (exact) mass is 304 g/mol. The summed E-state index contributed by atoms with van der Waals surface area (Å²) < 4.78 is 0. The number of carboxylic acid groups (broad SMARTS) is 1. The Bertz CT molecular complexity index is 504. The molecule has 0 heterocycles. The van der Waals surface area contributed by atoms with Crippen LogP contribution in [0.25, 0.3) is 0 Å². The first kappa shape index (κ1) is 16.3. The molecule has 0 bridgehead atoms. The number of hydrogen-bond donors (Lipinski definition) is 2. The van der Waals surface area contributed by atoms with Crippen LogP contribution in [0.3, 0.4) is 0 Å². The fraction of sp³-hybridized carbons (Fsp3) is 0.529. The SMILES string of the molecule is CC1CCCCC1NC(=O)CN(CC(=O)O)c1ccccc1. The number of aliphatic carboxylic acids is 1. The minimum absolute atomic E-state index is 0.0690. The summed E-state index contributed by atoms with van der Waals surface area (Å²) in [5.41, 5.74) is 0.747. The Morgan fingerprint density at radius 1 is 1.18 bits per heavy atom. The molecule has 2 N–H and O–H groups in total. The summed E-state index contributed by atoms with van der Waals surface area (Å²) in [6, 6.07) is 9.39. The number of carbonyl (C=O) groups is 2. The maximum absolute atomic E-state index is 12.3. The van der Waals surface area contributed by atoms with Crippen molar-refractivity contribution in [2.75, 3.05) is 18.0 Å². The van der Waals surface area contributed by atoms with Gasteiger partial charge in [-0.05, 0) is 30.9 Å². The number of rotatable bonds is 6. The van der Waals surface area contributed by atoms with Gasteiger partial charge in [0.1, 0.15) is 6.54 Å². The van der Waals surface area contributed by atoms with Crippen molar-refractivity contribution in [3.8, 4) is 0 Å². The Morgan fingerprint density at radius 2 is 1.86 bits per heavy atom. The number of para-hydroxylation sites is 1. The van der Waals surface area contributed by atoms with Gasteiger partial charge in [-0.25, -0.2) is 0 Å². The second kappa shape index (κ2) is 7.82. The lowest BCUT2D eigenvalue weighted by Gasteiger charge is -2.30. The number of nitrogens with zero attached hydrogens (tertiary/aromatic N) is 1. The molecule has 22 heavy (non-hydrogen) atoms. The maximum atomic E-state index is 12.3. The van der Waals surface area contributed by atoms with Gasteiger partial charge in [0, 0.05) is 11.7 Å². The lowest BCUT2D eigenvalue weighted by Crippen LogP contribution is -2.46. The van der Waals surface area contributed by atoms with Gasteiger partial charge in [0.15, 0.2) is 0 Å². The highest BCUT2D eigenvalue weighted by molar-refractivity contribution is 5.84. The van der Waals surface area contributed by atoms with Crippen LogP contribution in [0.1, 0.15) is 32.6 Å². The van der Waals surface area contributed by atoms with E-state index in [0.29, 0.717) is 5.92 Å². The third-order valence-corrected chi connectivity index (χ3v) is 4.24. The molecule has 0 saturated heterocycles. The van der Waals surface area contributed by atoms with Crippen LogP contribution in [0, 0.1) is 5.92 Å². The second-order valence-corrected chi connectivity index (χ2v) is 6.02. The number of amides is 1. The normalized spacial score (nSPS) is 21.1. The van der Waals surface area contributed by atoms with Crippen LogP contribution in [-0.4, -0.2) is 36.1 Å². The molecule has 2 unspecified atom stereocenters. The van der Waals surface area contributed by atoms with Gasteiger partial charge >= 0.3 is 5.97 Å². The Hall–Kier alpha value is -2.04. The summed E-state index contributed by atoms with van der Waals surface area (Å²) in [7, 11) is 0. The van der Waals surface area contributed by atoms with Crippen molar-refractivity contribution in [2.45, 2.75) is 38.6 Å². The Labute approximate surface area is 131 Å². The number of carbonyl (C=O) groups excluding carboxylic acids is 1. The number of anilines is 1. The van der Waals surface area contributed by atoms with E-state index in [1.54, 1.807) is 4.90 Å². The van der Waals surface area contributed by atoms with Crippen molar-refractivity contribution in [3.63, 3.8) is 0 Å². The Morgan fingerprint density at radius 3 is 2.50 bits per heavy atom. The summed E-state index contributed by atoms with van der Waals surface area (Å²) in [5, 5.41) is 12.1. The van der Waals surface area contributed by atoms with Crippen molar-refractivity contribution in [1.82, 2.24) is 5.32 Å². The van der Waals surface area contributed by atoms with Crippen LogP contribution in [0.5, 0.6) is 0 Å². The van der Waals surface area contributed by atoms with Crippen LogP contribution in [0.4, 0.5) is 5.69 Å². The molecule has 2 rings (SSSR count). The molecule has 120 valence electrons. The predicted molar refractivity (Wildman–Crippen MR) is 85.9 cm³/mol. The molecular formula is C17H24N2O3. The van der Waals surface area contributed by atoms with Crippen LogP contribution in [-0.2, 0) is 9.59 Å². The maximum Gasteiger partial charge on any atom is 0.323 e. The molecule has 5 heteroatoms. The first-order chi connectivity index (χ1) is 10.6. The first-order valence-electron chi connectivity index (χ1n) is 7.87. The van der Waals surface area contributed by atoms with E-state index in [0.717, 1.165) is 24.9 Å². The molecule has 1 aromatic carbocycles. The largest absolute Gasteiger partial charge is 0.480 e. The van der Waals surface area contributed by atoms with Crippen LogP contribution in [0.15, 0.2) is 30.3 Å². The quantitative estimate of drug-likeness (QED) is 0.846. The molecule has 1 aliphatic carbocycles. The summed E-state index contributed by atoms with van der Waals surface area (Å²) >= 11 is 0. The van der Waals surface area contributed by atoms with E-state index in [-0.39, 0.29) is 25.0 Å². The third-order valence-electron chi connectivity index (χ3n) is 4.24. The van der Waals surface area contributed by atoms with E-state index in [2.05, 4.69) is 12.2 Å². The molecule has 1 fully saturated rings. The summed E-state index contributed by atoms with van der Waals surface area (Å²) in [6.07, 6.45) is 4.52. The van der Waals surface area contributed by atoms with Crippen molar-refractivity contribution in [2.24, 2.45) is 5.92 Å². The summed E-state index contributed by atoms with van der Waals surface area (Å²) in [4.78, 5) is 24.9. The van der Waals surface area contributed by atoms with Gasteiger partial charge < -0.3 is 15.3 Å². The molecule has 2 atom stereocenters. The van der Waals surface area contributed by atoms with E-state index in [4.69, 9.17) is 5.11 Å². The highest BCUT2D eigenvalue weighted by atomic mass is 16.4. The van der Waals surface area contributed by atoms with Crippen LogP contribution in [0.2, 0.25) is 0 Å². The zero-order valence-corrected chi connectivity index (χ0v) is 13.0. The molecule has 1 aromatic rings. The Balaban J connectivity index is 1.97. The van der Waals surface area contributed by atoms with E-state index >= 15 is 0 Å². The molecule has 1 aliphatic rings. The molecule has 1 saturated carbocycles. The number of benzene rings is 1. The first-order valence-corrected chi connectivity index (χ1v) is 7.87. The highest BCUT2D eigenvalue weighted by Crippen LogP contribution is 2.23. The minimum Gasteiger partial charge on any atom is -0.480 e.